The second-order valence-electron chi connectivity index (χ2n) is 11.4. The van der Waals surface area contributed by atoms with Gasteiger partial charge in [-0.05, 0) is 107 Å². The first-order valence-corrected chi connectivity index (χ1v) is 18.0. The van der Waals surface area contributed by atoms with E-state index >= 15 is 4.79 Å². The molecule has 0 saturated carbocycles. The van der Waals surface area contributed by atoms with E-state index in [1.54, 1.807) is 0 Å². The molecule has 224 valence electrons. The van der Waals surface area contributed by atoms with Crippen molar-refractivity contribution in [2.45, 2.75) is 12.8 Å². The van der Waals surface area contributed by atoms with Gasteiger partial charge < -0.3 is 9.80 Å². The molecule has 2 heterocycles. The van der Waals surface area contributed by atoms with Crippen molar-refractivity contribution in [1.29, 1.82) is 0 Å². The van der Waals surface area contributed by atoms with Gasteiger partial charge in [-0.25, -0.2) is 0 Å². The normalized spacial score (nSPS) is 13.0. The Morgan fingerprint density at radius 1 is 0.478 bits per heavy atom. The van der Waals surface area contributed by atoms with Crippen molar-refractivity contribution in [1.82, 2.24) is 0 Å². The minimum Gasteiger partial charge on any atom is -0.310 e. The summed E-state index contributed by atoms with van der Waals surface area (Å²) >= 11 is 15.0. The van der Waals surface area contributed by atoms with Gasteiger partial charge in [0.05, 0.1) is 11.4 Å². The molecule has 6 aromatic carbocycles. The lowest BCUT2D eigenvalue weighted by molar-refractivity contribution is 0.103. The minimum atomic E-state index is -0.00892. The molecule has 2 aliphatic rings. The highest BCUT2D eigenvalue weighted by molar-refractivity contribution is 9.11. The fourth-order valence-corrected chi connectivity index (χ4v) is 8.71. The summed E-state index contributed by atoms with van der Waals surface area (Å²) in [5, 5.41) is 0. The van der Waals surface area contributed by atoms with Crippen LogP contribution in [0.15, 0.2) is 139 Å². The lowest BCUT2D eigenvalue weighted by Crippen LogP contribution is -2.23. The number of carbonyl (C=O) groups is 1. The lowest BCUT2D eigenvalue weighted by Gasteiger charge is -2.36. The number of benzene rings is 6. The van der Waals surface area contributed by atoms with Gasteiger partial charge in [0.15, 0.2) is 5.78 Å². The number of carbonyl (C=O) groups excluding carboxylic acids is 1. The van der Waals surface area contributed by atoms with Crippen LogP contribution in [0.25, 0.3) is 0 Å². The Morgan fingerprint density at radius 2 is 0.870 bits per heavy atom. The molecule has 0 unspecified atom stereocenters. The maximum Gasteiger partial charge on any atom is 0.196 e. The summed E-state index contributed by atoms with van der Waals surface area (Å²) in [6.07, 6.45) is 1.26. The van der Waals surface area contributed by atoms with E-state index in [0.717, 1.165) is 74.3 Å². The number of ketones is 1. The molecule has 46 heavy (non-hydrogen) atoms. The number of halogens is 4. The van der Waals surface area contributed by atoms with E-state index in [4.69, 9.17) is 0 Å². The molecule has 0 aromatic heterocycles. The van der Waals surface area contributed by atoms with Crippen LogP contribution < -0.4 is 9.80 Å². The van der Waals surface area contributed by atoms with Crippen molar-refractivity contribution in [3.8, 4) is 0 Å². The molecule has 3 nitrogen and oxygen atoms in total. The van der Waals surface area contributed by atoms with Crippen molar-refractivity contribution < 1.29 is 4.79 Å². The van der Waals surface area contributed by atoms with Crippen LogP contribution in [0, 0.1) is 0 Å². The van der Waals surface area contributed by atoms with Crippen LogP contribution in [-0.4, -0.2) is 5.78 Å². The van der Waals surface area contributed by atoms with E-state index in [9.17, 15) is 0 Å². The van der Waals surface area contributed by atoms with E-state index in [0.29, 0.717) is 24.0 Å². The second-order valence-corrected chi connectivity index (χ2v) is 15.0. The second kappa shape index (κ2) is 11.9. The van der Waals surface area contributed by atoms with E-state index in [-0.39, 0.29) is 5.78 Å². The third kappa shape index (κ3) is 5.00. The molecule has 2 aliphatic heterocycles. The average Bonchev–Trinajstić information content (AvgIpc) is 3.06. The SMILES string of the molecule is O=C(c1c(Br)ccc2c1Cc1cc(Br)ccc1N2c1ccccc1)c1c(Br)ccc2c1Cc1cc(Br)ccc1N2c1ccccc1. The summed E-state index contributed by atoms with van der Waals surface area (Å²) in [6.45, 7) is 0. The number of para-hydroxylation sites is 2. The van der Waals surface area contributed by atoms with Gasteiger partial charge in [0.2, 0.25) is 0 Å². The first-order valence-electron chi connectivity index (χ1n) is 14.8. The highest BCUT2D eigenvalue weighted by Gasteiger charge is 2.34. The molecular formula is C39H24Br4N2O. The monoisotopic (exact) mass is 852 g/mol. The fraction of sp³-hybridized carbons (Fsp3) is 0.0513. The molecule has 8 rings (SSSR count). The molecule has 0 amide bonds. The molecule has 0 atom stereocenters. The number of rotatable bonds is 4. The molecule has 6 aromatic rings. The number of nitrogens with zero attached hydrogens (tertiary/aromatic N) is 2. The van der Waals surface area contributed by atoms with Crippen LogP contribution in [0.1, 0.15) is 38.2 Å². The fourth-order valence-electron chi connectivity index (χ4n) is 6.79. The maximum atomic E-state index is 15.2. The molecule has 0 N–H and O–H groups in total. The van der Waals surface area contributed by atoms with Crippen molar-refractivity contribution in [3.05, 3.63) is 173 Å². The minimum absolute atomic E-state index is 0.00892. The highest BCUT2D eigenvalue weighted by Crippen LogP contribution is 2.50. The van der Waals surface area contributed by atoms with Gasteiger partial charge in [0, 0.05) is 64.6 Å². The van der Waals surface area contributed by atoms with Crippen molar-refractivity contribution in [2.75, 3.05) is 9.80 Å². The zero-order valence-electron chi connectivity index (χ0n) is 24.3. The standard InChI is InChI=1S/C39H24Br4N2O/c40-25-11-15-33-23(19-25)21-29-35(44(33)27-7-3-1-4-8-27)17-13-31(42)37(29)39(46)38-30-22-24-20-26(41)12-16-34(24)45(28-9-5-2-6-10-28)36(30)18-14-32(38)43/h1-20H,21-22H2. The molecule has 0 aliphatic carbocycles. The zero-order chi connectivity index (χ0) is 31.5. The Morgan fingerprint density at radius 3 is 1.28 bits per heavy atom. The maximum absolute atomic E-state index is 15.2. The first kappa shape index (κ1) is 29.9. The smallest absolute Gasteiger partial charge is 0.196 e. The van der Waals surface area contributed by atoms with Gasteiger partial charge in [-0.1, -0.05) is 100 Å². The van der Waals surface area contributed by atoms with Gasteiger partial charge >= 0.3 is 0 Å². The van der Waals surface area contributed by atoms with Gasteiger partial charge in [-0.15, -0.1) is 0 Å². The van der Waals surface area contributed by atoms with Gasteiger partial charge in [-0.2, -0.15) is 0 Å². The molecule has 0 saturated heterocycles. The zero-order valence-corrected chi connectivity index (χ0v) is 30.6. The Kier molecular flexibility index (Phi) is 7.76. The van der Waals surface area contributed by atoms with Crippen LogP contribution in [0.3, 0.4) is 0 Å². The number of hydrogen-bond acceptors (Lipinski definition) is 3. The van der Waals surface area contributed by atoms with Crippen LogP contribution in [-0.2, 0) is 12.8 Å². The van der Waals surface area contributed by atoms with E-state index < -0.39 is 0 Å². The Balaban J connectivity index is 1.34. The summed E-state index contributed by atoms with van der Waals surface area (Å²) < 4.78 is 3.59. The molecule has 7 heteroatoms. The van der Waals surface area contributed by atoms with Crippen molar-refractivity contribution in [3.63, 3.8) is 0 Å². The topological polar surface area (TPSA) is 23.6 Å². The van der Waals surface area contributed by atoms with Gasteiger partial charge in [0.1, 0.15) is 0 Å². The van der Waals surface area contributed by atoms with E-state index in [1.165, 1.54) is 0 Å². The van der Waals surface area contributed by atoms with Crippen LogP contribution in [0.2, 0.25) is 0 Å². The van der Waals surface area contributed by atoms with Crippen molar-refractivity contribution >= 4 is 104 Å². The van der Waals surface area contributed by atoms with Crippen LogP contribution >= 0.6 is 63.7 Å². The third-order valence-corrected chi connectivity index (χ3v) is 11.0. The highest BCUT2D eigenvalue weighted by atomic mass is 79.9. The quantitative estimate of drug-likeness (QED) is 0.165. The van der Waals surface area contributed by atoms with Crippen molar-refractivity contribution in [2.24, 2.45) is 0 Å². The van der Waals surface area contributed by atoms with E-state index in [2.05, 4.69) is 171 Å². The lowest BCUT2D eigenvalue weighted by atomic mass is 9.85. The summed E-state index contributed by atoms with van der Waals surface area (Å²) in [7, 11) is 0. The number of anilines is 6. The number of hydrogen-bond donors (Lipinski definition) is 0. The number of fused-ring (bicyclic) bond motifs is 4. The first-order chi connectivity index (χ1) is 22.4. The molecule has 0 spiro atoms. The largest absolute Gasteiger partial charge is 0.310 e. The summed E-state index contributed by atoms with van der Waals surface area (Å²) in [4.78, 5) is 19.7. The Bertz CT molecular complexity index is 2030. The van der Waals surface area contributed by atoms with Crippen LogP contribution in [0.5, 0.6) is 0 Å². The Hall–Kier alpha value is -3.49. The third-order valence-electron chi connectivity index (χ3n) is 8.74. The van der Waals surface area contributed by atoms with Gasteiger partial charge in [0.25, 0.3) is 0 Å². The summed E-state index contributed by atoms with van der Waals surface area (Å²) in [5.74, 6) is -0.00892. The van der Waals surface area contributed by atoms with Gasteiger partial charge in [-0.3, -0.25) is 4.79 Å². The summed E-state index contributed by atoms with van der Waals surface area (Å²) in [6, 6.07) is 41.8. The predicted octanol–water partition coefficient (Wildman–Crippen LogP) is 12.7. The molecule has 0 radical (unpaired) electrons. The van der Waals surface area contributed by atoms with E-state index in [1.807, 2.05) is 24.3 Å². The van der Waals surface area contributed by atoms with Crippen LogP contribution in [0.4, 0.5) is 34.1 Å². The summed E-state index contributed by atoms with van der Waals surface area (Å²) in [5.41, 5.74) is 12.0. The predicted molar refractivity (Wildman–Crippen MR) is 202 cm³/mol. The Labute approximate surface area is 301 Å². The molecule has 0 bridgehead atoms. The molecular weight excluding hydrogens is 832 g/mol. The average molecular weight is 856 g/mol. The molecule has 0 fully saturated rings.